The van der Waals surface area contributed by atoms with Crippen LogP contribution in [0.25, 0.3) is 16.9 Å². The van der Waals surface area contributed by atoms with Crippen LogP contribution in [0.5, 0.6) is 17.2 Å². The van der Waals surface area contributed by atoms with Crippen molar-refractivity contribution in [2.75, 3.05) is 39.2 Å². The predicted molar refractivity (Wildman–Crippen MR) is 132 cm³/mol. The van der Waals surface area contributed by atoms with Crippen LogP contribution >= 0.6 is 0 Å². The van der Waals surface area contributed by atoms with Crippen molar-refractivity contribution >= 4 is 17.3 Å². The fourth-order valence-corrected chi connectivity index (χ4v) is 4.23. The Bertz CT molecular complexity index is 1300. The second kappa shape index (κ2) is 8.87. The van der Waals surface area contributed by atoms with Crippen molar-refractivity contribution in [3.05, 3.63) is 60.7 Å². The van der Waals surface area contributed by atoms with Crippen LogP contribution in [0.4, 0.5) is 11.6 Å². The Balaban J connectivity index is 1.36. The third-order valence-corrected chi connectivity index (χ3v) is 5.40. The van der Waals surface area contributed by atoms with Crippen LogP contribution in [0.2, 0.25) is 0 Å². The molecule has 4 aromatic rings. The van der Waals surface area contributed by atoms with Gasteiger partial charge >= 0.3 is 0 Å². The minimum Gasteiger partial charge on any atom is -0.487 e. The number of ether oxygens (including phenoxy) is 3. The number of nitrogens with zero attached hydrogens (tertiary/aromatic N) is 4. The first kappa shape index (κ1) is 22.0. The number of anilines is 2. The quantitative estimate of drug-likeness (QED) is 0.432. The van der Waals surface area contributed by atoms with Gasteiger partial charge in [0.05, 0.1) is 5.69 Å². The van der Waals surface area contributed by atoms with Gasteiger partial charge in [-0.1, -0.05) is 6.07 Å². The van der Waals surface area contributed by atoms with Gasteiger partial charge in [-0.15, -0.1) is 5.10 Å². The Labute approximate surface area is 199 Å². The summed E-state index contributed by atoms with van der Waals surface area (Å²) < 4.78 is 19.4. The van der Waals surface area contributed by atoms with E-state index in [2.05, 4.69) is 29.0 Å². The molecular weight excluding hydrogens is 430 g/mol. The van der Waals surface area contributed by atoms with E-state index in [0.29, 0.717) is 19.2 Å². The summed E-state index contributed by atoms with van der Waals surface area (Å²) in [4.78, 5) is 6.76. The molecule has 0 aliphatic carbocycles. The molecule has 3 heterocycles. The molecular formula is C26H29N5O3. The predicted octanol–water partition coefficient (Wildman–Crippen LogP) is 4.63. The number of rotatable bonds is 7. The van der Waals surface area contributed by atoms with Crippen LogP contribution < -0.4 is 19.5 Å². The highest BCUT2D eigenvalue weighted by Gasteiger charge is 2.21. The standard InChI is InChI=1S/C26H29N5O3/c1-26(2,17-30(3)4)34-20-11-9-19(10-12-20)27-25-28-24-7-5-6-21(31(24)29-25)18-8-13-22-23(16-18)33-15-14-32-22/h5-13,16H,14-15,17H2,1-4H3,(H,27,29). The van der Waals surface area contributed by atoms with Crippen LogP contribution in [0, 0.1) is 0 Å². The Hall–Kier alpha value is -3.78. The van der Waals surface area contributed by atoms with Gasteiger partial charge in [0.25, 0.3) is 0 Å². The van der Waals surface area contributed by atoms with Crippen LogP contribution in [0.1, 0.15) is 13.8 Å². The molecule has 2 aromatic heterocycles. The van der Waals surface area contributed by atoms with Crippen LogP contribution in [0.3, 0.4) is 0 Å². The monoisotopic (exact) mass is 459 g/mol. The molecule has 34 heavy (non-hydrogen) atoms. The number of aromatic nitrogens is 3. The summed E-state index contributed by atoms with van der Waals surface area (Å²) in [5.41, 5.74) is 3.25. The van der Waals surface area contributed by atoms with Crippen molar-refractivity contribution < 1.29 is 14.2 Å². The molecule has 5 rings (SSSR count). The fourth-order valence-electron chi connectivity index (χ4n) is 4.23. The molecule has 176 valence electrons. The van der Waals surface area contributed by atoms with Crippen molar-refractivity contribution in [2.24, 2.45) is 0 Å². The van der Waals surface area contributed by atoms with Gasteiger partial charge in [0, 0.05) is 17.8 Å². The Morgan fingerprint density at radius 2 is 1.76 bits per heavy atom. The molecule has 0 bridgehead atoms. The highest BCUT2D eigenvalue weighted by Crippen LogP contribution is 2.34. The van der Waals surface area contributed by atoms with Gasteiger partial charge in [-0.05, 0) is 82.5 Å². The van der Waals surface area contributed by atoms with Gasteiger partial charge in [-0.25, -0.2) is 4.52 Å². The lowest BCUT2D eigenvalue weighted by Crippen LogP contribution is -2.39. The zero-order valence-corrected chi connectivity index (χ0v) is 19.9. The molecule has 0 spiro atoms. The Morgan fingerprint density at radius 3 is 2.53 bits per heavy atom. The first-order valence-corrected chi connectivity index (χ1v) is 11.3. The van der Waals surface area contributed by atoms with Crippen LogP contribution in [-0.4, -0.2) is 59.0 Å². The summed E-state index contributed by atoms with van der Waals surface area (Å²) in [7, 11) is 4.08. The van der Waals surface area contributed by atoms with E-state index in [-0.39, 0.29) is 5.60 Å². The summed E-state index contributed by atoms with van der Waals surface area (Å²) in [5, 5.41) is 7.99. The van der Waals surface area contributed by atoms with Gasteiger partial charge in [0.1, 0.15) is 24.6 Å². The molecule has 1 aliphatic rings. The number of likely N-dealkylation sites (N-methyl/N-ethyl adjacent to an activating group) is 1. The molecule has 0 fully saturated rings. The largest absolute Gasteiger partial charge is 0.487 e. The molecule has 0 unspecified atom stereocenters. The lowest BCUT2D eigenvalue weighted by atomic mass is 10.1. The maximum absolute atomic E-state index is 6.15. The third kappa shape index (κ3) is 4.77. The molecule has 0 amide bonds. The van der Waals surface area contributed by atoms with Crippen LogP contribution in [0.15, 0.2) is 60.7 Å². The molecule has 1 aliphatic heterocycles. The molecule has 0 saturated carbocycles. The van der Waals surface area contributed by atoms with Crippen LogP contribution in [-0.2, 0) is 0 Å². The molecule has 0 saturated heterocycles. The molecule has 2 aromatic carbocycles. The zero-order valence-electron chi connectivity index (χ0n) is 19.9. The van der Waals surface area contributed by atoms with E-state index in [0.717, 1.165) is 46.4 Å². The fraction of sp³-hybridized carbons (Fsp3) is 0.308. The van der Waals surface area contributed by atoms with E-state index in [9.17, 15) is 0 Å². The van der Waals surface area contributed by atoms with Gasteiger partial charge in [0.15, 0.2) is 17.1 Å². The van der Waals surface area contributed by atoms with Gasteiger partial charge in [0.2, 0.25) is 5.95 Å². The molecule has 8 nitrogen and oxygen atoms in total. The van der Waals surface area contributed by atoms with Gasteiger partial charge in [-0.2, -0.15) is 4.98 Å². The summed E-state index contributed by atoms with van der Waals surface area (Å²) in [6.07, 6.45) is 0. The summed E-state index contributed by atoms with van der Waals surface area (Å²) >= 11 is 0. The second-order valence-corrected chi connectivity index (χ2v) is 9.22. The lowest BCUT2D eigenvalue weighted by molar-refractivity contribution is 0.0775. The van der Waals surface area contributed by atoms with Crippen molar-refractivity contribution in [2.45, 2.75) is 19.4 Å². The zero-order chi connectivity index (χ0) is 23.7. The number of benzene rings is 2. The number of nitrogens with one attached hydrogen (secondary N) is 1. The highest BCUT2D eigenvalue weighted by atomic mass is 16.6. The Morgan fingerprint density at radius 1 is 1.00 bits per heavy atom. The van der Waals surface area contributed by atoms with E-state index >= 15 is 0 Å². The SMILES string of the molecule is CN(C)CC(C)(C)Oc1ccc(Nc2nc3cccc(-c4ccc5c(c4)OCCO5)n3n2)cc1. The highest BCUT2D eigenvalue weighted by molar-refractivity contribution is 5.68. The van der Waals surface area contributed by atoms with Crippen molar-refractivity contribution in [3.63, 3.8) is 0 Å². The van der Waals surface area contributed by atoms with E-state index < -0.39 is 0 Å². The topological polar surface area (TPSA) is 73.2 Å². The molecule has 8 heteroatoms. The summed E-state index contributed by atoms with van der Waals surface area (Å²) in [6, 6.07) is 19.7. The number of pyridine rings is 1. The van der Waals surface area contributed by atoms with E-state index in [1.165, 1.54) is 0 Å². The molecule has 0 atom stereocenters. The first-order valence-electron chi connectivity index (χ1n) is 11.3. The van der Waals surface area contributed by atoms with Crippen molar-refractivity contribution in [1.82, 2.24) is 19.5 Å². The summed E-state index contributed by atoms with van der Waals surface area (Å²) in [5.74, 6) is 2.85. The average Bonchev–Trinajstić information content (AvgIpc) is 3.21. The molecule has 0 radical (unpaired) electrons. The minimum absolute atomic E-state index is 0.286. The lowest BCUT2D eigenvalue weighted by Gasteiger charge is -2.29. The summed E-state index contributed by atoms with van der Waals surface area (Å²) in [6.45, 7) is 6.11. The maximum atomic E-state index is 6.15. The Kier molecular flexibility index (Phi) is 5.75. The maximum Gasteiger partial charge on any atom is 0.247 e. The number of hydrogen-bond acceptors (Lipinski definition) is 7. The number of hydrogen-bond donors (Lipinski definition) is 1. The third-order valence-electron chi connectivity index (χ3n) is 5.40. The van der Waals surface area contributed by atoms with Gasteiger partial charge < -0.3 is 24.4 Å². The molecule has 1 N–H and O–H groups in total. The number of fused-ring (bicyclic) bond motifs is 2. The average molecular weight is 460 g/mol. The van der Waals surface area contributed by atoms with Gasteiger partial charge in [-0.3, -0.25) is 0 Å². The minimum atomic E-state index is -0.286. The van der Waals surface area contributed by atoms with E-state index in [1.54, 1.807) is 0 Å². The van der Waals surface area contributed by atoms with E-state index in [4.69, 9.17) is 19.3 Å². The smallest absolute Gasteiger partial charge is 0.247 e. The second-order valence-electron chi connectivity index (χ2n) is 9.22. The van der Waals surface area contributed by atoms with E-state index in [1.807, 2.05) is 79.3 Å². The first-order chi connectivity index (χ1) is 16.4. The van der Waals surface area contributed by atoms with Crippen molar-refractivity contribution in [1.29, 1.82) is 0 Å². The van der Waals surface area contributed by atoms with Crippen molar-refractivity contribution in [3.8, 4) is 28.5 Å². The normalized spacial score (nSPS) is 13.3.